The molecule has 1 atom stereocenters. The zero-order valence-electron chi connectivity index (χ0n) is 22.0. The van der Waals surface area contributed by atoms with Crippen LogP contribution >= 0.6 is 0 Å². The first-order valence-electron chi connectivity index (χ1n) is 13.1. The number of benzene rings is 4. The van der Waals surface area contributed by atoms with Gasteiger partial charge in [-0.3, -0.25) is 0 Å². The third-order valence-corrected chi connectivity index (χ3v) is 6.09. The molecule has 4 rings (SSSR count). The van der Waals surface area contributed by atoms with Crippen LogP contribution in [0.3, 0.4) is 0 Å². The summed E-state index contributed by atoms with van der Waals surface area (Å²) in [6, 6.07) is 35.2. The first-order chi connectivity index (χ1) is 18.7. The number of hydrogen-bond donors (Lipinski definition) is 0. The minimum Gasteiger partial charge on any atom is -0.490 e. The van der Waals surface area contributed by atoms with Gasteiger partial charge in [0.1, 0.15) is 12.4 Å². The highest BCUT2D eigenvalue weighted by molar-refractivity contribution is 5.77. The Morgan fingerprint density at radius 1 is 0.737 bits per heavy atom. The van der Waals surface area contributed by atoms with Crippen molar-refractivity contribution < 1.29 is 19.0 Å². The second-order valence-electron chi connectivity index (χ2n) is 8.83. The van der Waals surface area contributed by atoms with Crippen LogP contribution < -0.4 is 4.74 Å². The largest absolute Gasteiger partial charge is 0.490 e. The van der Waals surface area contributed by atoms with E-state index in [0.29, 0.717) is 26.2 Å². The molecule has 0 aliphatic carbocycles. The van der Waals surface area contributed by atoms with E-state index >= 15 is 0 Å². The molecule has 0 heterocycles. The van der Waals surface area contributed by atoms with Crippen molar-refractivity contribution in [2.75, 3.05) is 19.8 Å². The molecule has 0 aliphatic heterocycles. The molecule has 4 heteroatoms. The maximum atomic E-state index is 12.1. The predicted octanol–water partition coefficient (Wildman–Crippen LogP) is 7.62. The molecule has 4 nitrogen and oxygen atoms in total. The highest BCUT2D eigenvalue weighted by Crippen LogP contribution is 2.29. The zero-order valence-corrected chi connectivity index (χ0v) is 22.0. The monoisotopic (exact) mass is 506 g/mol. The Morgan fingerprint density at radius 3 is 1.89 bits per heavy atom. The van der Waals surface area contributed by atoms with Crippen LogP contribution in [0.4, 0.5) is 0 Å². The molecule has 194 valence electrons. The molecular weight excluding hydrogens is 472 g/mol. The zero-order chi connectivity index (χ0) is 26.6. The van der Waals surface area contributed by atoms with Gasteiger partial charge in [0.05, 0.1) is 6.61 Å². The molecule has 0 unspecified atom stereocenters. The van der Waals surface area contributed by atoms with Crippen molar-refractivity contribution in [3.63, 3.8) is 0 Å². The van der Waals surface area contributed by atoms with Crippen molar-refractivity contribution >= 4 is 12.0 Å². The summed E-state index contributed by atoms with van der Waals surface area (Å²) in [7, 11) is 0. The van der Waals surface area contributed by atoms with Gasteiger partial charge in [-0.25, -0.2) is 4.79 Å². The molecule has 4 aromatic rings. The van der Waals surface area contributed by atoms with Gasteiger partial charge in [-0.1, -0.05) is 78.9 Å². The van der Waals surface area contributed by atoms with Gasteiger partial charge < -0.3 is 14.2 Å². The van der Waals surface area contributed by atoms with E-state index in [-0.39, 0.29) is 5.97 Å². The number of rotatable bonds is 12. The number of carbonyl (C=O) groups excluding carboxylic acids is 1. The number of esters is 1. The van der Waals surface area contributed by atoms with Crippen LogP contribution in [-0.4, -0.2) is 31.9 Å². The van der Waals surface area contributed by atoms with E-state index < -0.39 is 6.10 Å². The SMILES string of the molecule is CCOC(=O)[C@H](Cc1ccc(OCC=Cc2cc(-c3ccccc3)cc(-c3ccccc3)c2)cc1)OCC. The molecule has 0 radical (unpaired) electrons. The molecule has 0 amide bonds. The minimum absolute atomic E-state index is 0.327. The van der Waals surface area contributed by atoms with Crippen LogP contribution in [0, 0.1) is 0 Å². The van der Waals surface area contributed by atoms with Crippen molar-refractivity contribution in [1.82, 2.24) is 0 Å². The Hall–Kier alpha value is -4.15. The lowest BCUT2D eigenvalue weighted by Gasteiger charge is -2.15. The van der Waals surface area contributed by atoms with Crippen molar-refractivity contribution in [2.45, 2.75) is 26.4 Å². The fourth-order valence-corrected chi connectivity index (χ4v) is 4.25. The van der Waals surface area contributed by atoms with Gasteiger partial charge in [0.15, 0.2) is 6.10 Å². The number of hydrogen-bond acceptors (Lipinski definition) is 4. The normalized spacial score (nSPS) is 11.8. The van der Waals surface area contributed by atoms with E-state index in [9.17, 15) is 4.79 Å². The average molecular weight is 507 g/mol. The minimum atomic E-state index is -0.595. The van der Waals surface area contributed by atoms with Crippen molar-refractivity contribution in [2.24, 2.45) is 0 Å². The molecule has 0 aromatic heterocycles. The van der Waals surface area contributed by atoms with Crippen LogP contribution in [0.5, 0.6) is 5.75 Å². The van der Waals surface area contributed by atoms with Crippen molar-refractivity contribution in [1.29, 1.82) is 0 Å². The topological polar surface area (TPSA) is 44.8 Å². The summed E-state index contributed by atoms with van der Waals surface area (Å²) in [6.07, 6.45) is 3.99. The quantitative estimate of drug-likeness (QED) is 0.185. The van der Waals surface area contributed by atoms with Gasteiger partial charge in [-0.05, 0) is 83.6 Å². The van der Waals surface area contributed by atoms with E-state index in [1.807, 2.05) is 49.4 Å². The molecule has 0 saturated heterocycles. The fraction of sp³-hybridized carbons (Fsp3) is 0.206. The van der Waals surface area contributed by atoms with E-state index in [1.165, 1.54) is 22.3 Å². The number of ether oxygens (including phenoxy) is 3. The third-order valence-electron chi connectivity index (χ3n) is 6.09. The molecule has 0 aliphatic rings. The van der Waals surface area contributed by atoms with Crippen molar-refractivity contribution in [3.8, 4) is 28.0 Å². The van der Waals surface area contributed by atoms with Crippen LogP contribution in [0.15, 0.2) is 109 Å². The Bertz CT molecular complexity index is 1250. The highest BCUT2D eigenvalue weighted by atomic mass is 16.6. The van der Waals surface area contributed by atoms with Gasteiger partial charge in [-0.2, -0.15) is 0 Å². The van der Waals surface area contributed by atoms with Crippen molar-refractivity contribution in [3.05, 3.63) is 120 Å². The van der Waals surface area contributed by atoms with Crippen LogP contribution in [0.25, 0.3) is 28.3 Å². The van der Waals surface area contributed by atoms with Crippen LogP contribution in [-0.2, 0) is 20.7 Å². The molecule has 0 spiro atoms. The Kier molecular flexibility index (Phi) is 9.89. The summed E-state index contributed by atoms with van der Waals surface area (Å²) in [5.41, 5.74) is 6.83. The lowest BCUT2D eigenvalue weighted by atomic mass is 9.96. The first-order valence-corrected chi connectivity index (χ1v) is 13.1. The smallest absolute Gasteiger partial charge is 0.335 e. The summed E-state index contributed by atoms with van der Waals surface area (Å²) >= 11 is 0. The lowest BCUT2D eigenvalue weighted by molar-refractivity contribution is -0.156. The summed E-state index contributed by atoms with van der Waals surface area (Å²) in [5.74, 6) is 0.442. The average Bonchev–Trinajstić information content (AvgIpc) is 2.97. The Balaban J connectivity index is 1.42. The summed E-state index contributed by atoms with van der Waals surface area (Å²) in [6.45, 7) is 4.91. The predicted molar refractivity (Wildman–Crippen MR) is 154 cm³/mol. The van der Waals surface area contributed by atoms with Crippen LogP contribution in [0.1, 0.15) is 25.0 Å². The third kappa shape index (κ3) is 7.67. The van der Waals surface area contributed by atoms with E-state index in [4.69, 9.17) is 14.2 Å². The molecular formula is C34H34O4. The molecule has 0 fully saturated rings. The van der Waals surface area contributed by atoms with E-state index in [2.05, 4.69) is 72.8 Å². The Labute approximate surface area is 225 Å². The first kappa shape index (κ1) is 26.9. The van der Waals surface area contributed by atoms with Gasteiger partial charge in [0.2, 0.25) is 0 Å². The second-order valence-corrected chi connectivity index (χ2v) is 8.83. The lowest BCUT2D eigenvalue weighted by Crippen LogP contribution is -2.28. The van der Waals surface area contributed by atoms with Gasteiger partial charge >= 0.3 is 5.97 Å². The van der Waals surface area contributed by atoms with E-state index in [0.717, 1.165) is 16.9 Å². The molecule has 4 aromatic carbocycles. The van der Waals surface area contributed by atoms with Crippen LogP contribution in [0.2, 0.25) is 0 Å². The molecule has 38 heavy (non-hydrogen) atoms. The fourth-order valence-electron chi connectivity index (χ4n) is 4.25. The summed E-state index contributed by atoms with van der Waals surface area (Å²) < 4.78 is 16.6. The van der Waals surface area contributed by atoms with Gasteiger partial charge in [0, 0.05) is 13.0 Å². The maximum Gasteiger partial charge on any atom is 0.335 e. The summed E-state index contributed by atoms with van der Waals surface area (Å²) in [5, 5.41) is 0. The highest BCUT2D eigenvalue weighted by Gasteiger charge is 2.20. The molecule has 0 N–H and O–H groups in total. The molecule has 0 saturated carbocycles. The second kappa shape index (κ2) is 14.0. The van der Waals surface area contributed by atoms with Gasteiger partial charge in [-0.15, -0.1) is 0 Å². The van der Waals surface area contributed by atoms with Gasteiger partial charge in [0.25, 0.3) is 0 Å². The Morgan fingerprint density at radius 2 is 1.34 bits per heavy atom. The maximum absolute atomic E-state index is 12.1. The van der Waals surface area contributed by atoms with E-state index in [1.54, 1.807) is 6.92 Å². The summed E-state index contributed by atoms with van der Waals surface area (Å²) in [4.78, 5) is 12.1. The standard InChI is InChI=1S/C34H34O4/c1-3-36-33(34(35)37-4-2)24-26-17-19-32(20-18-26)38-21-11-12-27-22-30(28-13-7-5-8-14-28)25-31(23-27)29-15-9-6-10-16-29/h5-20,22-23,25,33H,3-4,21,24H2,1-2H3/t33-/m0/s1. The molecule has 0 bridgehead atoms. The number of carbonyl (C=O) groups is 1.